The minimum Gasteiger partial charge on any atom is -0.346 e. The van der Waals surface area contributed by atoms with Gasteiger partial charge in [0, 0.05) is 18.9 Å². The monoisotopic (exact) mass is 251 g/mol. The third-order valence-corrected chi connectivity index (χ3v) is 5.14. The van der Waals surface area contributed by atoms with Crippen molar-refractivity contribution in [2.24, 2.45) is 17.8 Å². The predicted octanol–water partition coefficient (Wildman–Crippen LogP) is 1.40. The molecule has 2 saturated carbocycles. The second-order valence-corrected chi connectivity index (χ2v) is 6.40. The average Bonchev–Trinajstić information content (AvgIpc) is 2.80. The zero-order chi connectivity index (χ0) is 12.2. The molecule has 0 aromatic rings. The van der Waals surface area contributed by atoms with Crippen LogP contribution >= 0.6 is 0 Å². The Morgan fingerprint density at radius 2 is 1.83 bits per heavy atom. The SMILES string of the molecule is O=C(C1C[C@@H]2C[C@@H]2C1)N1CCCC2(C1)OCCO2. The van der Waals surface area contributed by atoms with Crippen molar-refractivity contribution in [3.63, 3.8) is 0 Å². The normalized spacial score (nSPS) is 41.1. The summed E-state index contributed by atoms with van der Waals surface area (Å²) in [5.74, 6) is 1.94. The molecule has 2 heterocycles. The highest BCUT2D eigenvalue weighted by molar-refractivity contribution is 5.79. The molecule has 2 saturated heterocycles. The summed E-state index contributed by atoms with van der Waals surface area (Å²) in [6.07, 6.45) is 5.58. The van der Waals surface area contributed by atoms with E-state index in [2.05, 4.69) is 0 Å². The van der Waals surface area contributed by atoms with Crippen LogP contribution in [0.1, 0.15) is 32.1 Å². The third kappa shape index (κ3) is 1.77. The molecular weight excluding hydrogens is 230 g/mol. The molecule has 1 spiro atoms. The number of ether oxygens (including phenoxy) is 2. The van der Waals surface area contributed by atoms with Crippen LogP contribution in [0.15, 0.2) is 0 Å². The third-order valence-electron chi connectivity index (χ3n) is 5.14. The summed E-state index contributed by atoms with van der Waals surface area (Å²) in [5, 5.41) is 0. The first-order valence-corrected chi connectivity index (χ1v) is 7.32. The molecule has 18 heavy (non-hydrogen) atoms. The van der Waals surface area contributed by atoms with Crippen LogP contribution < -0.4 is 0 Å². The smallest absolute Gasteiger partial charge is 0.225 e. The number of carbonyl (C=O) groups is 1. The Balaban J connectivity index is 1.42. The quantitative estimate of drug-likeness (QED) is 0.707. The molecule has 4 fully saturated rings. The summed E-state index contributed by atoms with van der Waals surface area (Å²) in [4.78, 5) is 14.5. The van der Waals surface area contributed by atoms with E-state index in [9.17, 15) is 4.79 Å². The number of hydrogen-bond acceptors (Lipinski definition) is 3. The van der Waals surface area contributed by atoms with E-state index in [0.717, 1.165) is 44.1 Å². The fourth-order valence-electron chi connectivity index (χ4n) is 4.08. The van der Waals surface area contributed by atoms with Crippen molar-refractivity contribution in [1.29, 1.82) is 0 Å². The van der Waals surface area contributed by atoms with E-state index in [0.29, 0.717) is 31.6 Å². The number of nitrogens with zero attached hydrogens (tertiary/aromatic N) is 1. The highest BCUT2D eigenvalue weighted by atomic mass is 16.7. The van der Waals surface area contributed by atoms with Crippen LogP contribution in [0, 0.1) is 17.8 Å². The molecule has 100 valence electrons. The van der Waals surface area contributed by atoms with Crippen molar-refractivity contribution in [1.82, 2.24) is 4.90 Å². The van der Waals surface area contributed by atoms with Crippen LogP contribution in [-0.2, 0) is 14.3 Å². The van der Waals surface area contributed by atoms with Crippen LogP contribution in [0.4, 0.5) is 0 Å². The van der Waals surface area contributed by atoms with Gasteiger partial charge in [-0.3, -0.25) is 4.79 Å². The maximum absolute atomic E-state index is 12.5. The molecule has 1 amide bonds. The number of rotatable bonds is 1. The molecule has 1 unspecified atom stereocenters. The van der Waals surface area contributed by atoms with Gasteiger partial charge in [0.2, 0.25) is 5.91 Å². The van der Waals surface area contributed by atoms with Crippen LogP contribution in [0.3, 0.4) is 0 Å². The van der Waals surface area contributed by atoms with Crippen molar-refractivity contribution in [3.05, 3.63) is 0 Å². The molecule has 2 aliphatic heterocycles. The predicted molar refractivity (Wildman–Crippen MR) is 64.8 cm³/mol. The van der Waals surface area contributed by atoms with E-state index in [1.54, 1.807) is 0 Å². The Bertz CT molecular complexity index is 354. The lowest BCUT2D eigenvalue weighted by Gasteiger charge is -2.39. The van der Waals surface area contributed by atoms with E-state index < -0.39 is 5.79 Å². The molecule has 0 bridgehead atoms. The molecule has 4 nitrogen and oxygen atoms in total. The number of amides is 1. The van der Waals surface area contributed by atoms with Gasteiger partial charge in [0.1, 0.15) is 0 Å². The van der Waals surface area contributed by atoms with E-state index in [4.69, 9.17) is 9.47 Å². The molecule has 4 aliphatic rings. The first-order chi connectivity index (χ1) is 8.76. The molecule has 2 aliphatic carbocycles. The van der Waals surface area contributed by atoms with E-state index in [1.165, 1.54) is 6.42 Å². The minimum absolute atomic E-state index is 0.297. The molecular formula is C14H21NO3. The lowest BCUT2D eigenvalue weighted by Crippen LogP contribution is -2.52. The Morgan fingerprint density at radius 1 is 1.11 bits per heavy atom. The van der Waals surface area contributed by atoms with Gasteiger partial charge in [0.25, 0.3) is 0 Å². The number of fused-ring (bicyclic) bond motifs is 1. The lowest BCUT2D eigenvalue weighted by atomic mass is 9.98. The van der Waals surface area contributed by atoms with E-state index in [-0.39, 0.29) is 0 Å². The maximum Gasteiger partial charge on any atom is 0.225 e. The van der Waals surface area contributed by atoms with Gasteiger partial charge >= 0.3 is 0 Å². The van der Waals surface area contributed by atoms with Gasteiger partial charge in [-0.25, -0.2) is 0 Å². The highest BCUT2D eigenvalue weighted by Gasteiger charge is 2.50. The van der Waals surface area contributed by atoms with Gasteiger partial charge in [0.15, 0.2) is 5.79 Å². The summed E-state index contributed by atoms with van der Waals surface area (Å²) in [6, 6.07) is 0. The molecule has 4 rings (SSSR count). The van der Waals surface area contributed by atoms with Gasteiger partial charge in [-0.2, -0.15) is 0 Å². The molecule has 0 radical (unpaired) electrons. The zero-order valence-electron chi connectivity index (χ0n) is 10.8. The van der Waals surface area contributed by atoms with E-state index >= 15 is 0 Å². The lowest BCUT2D eigenvalue weighted by molar-refractivity contribution is -0.194. The summed E-state index contributed by atoms with van der Waals surface area (Å²) in [5.41, 5.74) is 0. The van der Waals surface area contributed by atoms with Crippen LogP contribution in [-0.4, -0.2) is 42.9 Å². The fourth-order valence-corrected chi connectivity index (χ4v) is 4.08. The molecule has 4 heteroatoms. The second-order valence-electron chi connectivity index (χ2n) is 6.40. The number of piperidine rings is 1. The molecule has 0 aromatic carbocycles. The standard InChI is InChI=1S/C14H21NO3/c16-13(12-7-10-6-11(10)8-12)15-3-1-2-14(9-15)17-4-5-18-14/h10-12H,1-9H2/t10-,11+,12?. The summed E-state index contributed by atoms with van der Waals surface area (Å²) in [6.45, 7) is 2.89. The molecule has 3 atom stereocenters. The first kappa shape index (κ1) is 11.2. The van der Waals surface area contributed by atoms with E-state index in [1.807, 2.05) is 4.90 Å². The summed E-state index contributed by atoms with van der Waals surface area (Å²) >= 11 is 0. The first-order valence-electron chi connectivity index (χ1n) is 7.32. The van der Waals surface area contributed by atoms with Crippen molar-refractivity contribution in [2.45, 2.75) is 37.9 Å². The largest absolute Gasteiger partial charge is 0.346 e. The number of hydrogen-bond donors (Lipinski definition) is 0. The molecule has 0 aromatic heterocycles. The van der Waals surface area contributed by atoms with Gasteiger partial charge in [-0.05, 0) is 37.5 Å². The Hall–Kier alpha value is -0.610. The van der Waals surface area contributed by atoms with Crippen LogP contribution in [0.25, 0.3) is 0 Å². The Morgan fingerprint density at radius 3 is 2.56 bits per heavy atom. The van der Waals surface area contributed by atoms with Crippen molar-refractivity contribution >= 4 is 5.91 Å². The second kappa shape index (κ2) is 3.94. The average molecular weight is 251 g/mol. The highest BCUT2D eigenvalue weighted by Crippen LogP contribution is 2.54. The Labute approximate surface area is 108 Å². The Kier molecular flexibility index (Phi) is 2.46. The van der Waals surface area contributed by atoms with Gasteiger partial charge in [0.05, 0.1) is 19.8 Å². The van der Waals surface area contributed by atoms with Gasteiger partial charge in [-0.1, -0.05) is 0 Å². The van der Waals surface area contributed by atoms with Crippen molar-refractivity contribution < 1.29 is 14.3 Å². The van der Waals surface area contributed by atoms with Crippen LogP contribution in [0.5, 0.6) is 0 Å². The fraction of sp³-hybridized carbons (Fsp3) is 0.929. The topological polar surface area (TPSA) is 38.8 Å². The van der Waals surface area contributed by atoms with Gasteiger partial charge < -0.3 is 14.4 Å². The minimum atomic E-state index is -0.463. The number of likely N-dealkylation sites (tertiary alicyclic amines) is 1. The molecule has 0 N–H and O–H groups in total. The summed E-state index contributed by atoms with van der Waals surface area (Å²) < 4.78 is 11.5. The van der Waals surface area contributed by atoms with Gasteiger partial charge in [-0.15, -0.1) is 0 Å². The number of carbonyl (C=O) groups excluding carboxylic acids is 1. The maximum atomic E-state index is 12.5. The zero-order valence-corrected chi connectivity index (χ0v) is 10.8. The van der Waals surface area contributed by atoms with Crippen molar-refractivity contribution in [3.8, 4) is 0 Å². The summed E-state index contributed by atoms with van der Waals surface area (Å²) in [7, 11) is 0. The van der Waals surface area contributed by atoms with Crippen molar-refractivity contribution in [2.75, 3.05) is 26.3 Å². The van der Waals surface area contributed by atoms with Crippen LogP contribution in [0.2, 0.25) is 0 Å².